The van der Waals surface area contributed by atoms with Crippen molar-refractivity contribution >= 4 is 17.0 Å². The standard InChI is InChI=1S/C8H16O6S/c1-3-4-12-7(9)14-8(2)5-13-15(10,11)6-8/h10-11H,3-6H2,1-2H3. The Hall–Kier alpha value is -0.500. The van der Waals surface area contributed by atoms with E-state index in [1.54, 1.807) is 6.92 Å². The normalized spacial score (nSPS) is 30.9. The molecule has 0 aromatic carbocycles. The minimum Gasteiger partial charge on any atom is -0.434 e. The SMILES string of the molecule is CCCOC(=O)OC1(C)COS(O)(O)C1. The molecule has 0 aliphatic carbocycles. The monoisotopic (exact) mass is 240 g/mol. The lowest BCUT2D eigenvalue weighted by Crippen LogP contribution is -2.35. The molecule has 90 valence electrons. The highest BCUT2D eigenvalue weighted by atomic mass is 32.3. The zero-order valence-electron chi connectivity index (χ0n) is 8.76. The fourth-order valence-electron chi connectivity index (χ4n) is 1.18. The minimum atomic E-state index is -3.05. The van der Waals surface area contributed by atoms with Gasteiger partial charge in [0.1, 0.15) is 6.61 Å². The molecule has 0 aromatic rings. The quantitative estimate of drug-likeness (QED) is 0.734. The van der Waals surface area contributed by atoms with Gasteiger partial charge in [-0.15, -0.1) is 0 Å². The molecule has 0 bridgehead atoms. The molecule has 15 heavy (non-hydrogen) atoms. The molecular weight excluding hydrogens is 224 g/mol. The molecule has 1 unspecified atom stereocenters. The van der Waals surface area contributed by atoms with E-state index in [9.17, 15) is 13.9 Å². The molecule has 0 amide bonds. The zero-order chi connectivity index (χ0) is 11.5. The molecule has 1 rings (SSSR count). The summed E-state index contributed by atoms with van der Waals surface area (Å²) in [5, 5.41) is 0. The summed E-state index contributed by atoms with van der Waals surface area (Å²) in [7, 11) is -3.05. The van der Waals surface area contributed by atoms with Gasteiger partial charge in [-0.25, -0.2) is 4.79 Å². The summed E-state index contributed by atoms with van der Waals surface area (Å²) in [4.78, 5) is 11.1. The molecule has 1 saturated heterocycles. The largest absolute Gasteiger partial charge is 0.508 e. The Labute approximate surface area is 90.1 Å². The van der Waals surface area contributed by atoms with E-state index < -0.39 is 22.6 Å². The van der Waals surface area contributed by atoms with E-state index in [1.807, 2.05) is 6.92 Å². The van der Waals surface area contributed by atoms with Crippen LogP contribution in [0.4, 0.5) is 4.79 Å². The Balaban J connectivity index is 2.41. The van der Waals surface area contributed by atoms with Gasteiger partial charge < -0.3 is 18.6 Å². The average molecular weight is 240 g/mol. The van der Waals surface area contributed by atoms with Crippen LogP contribution in [0.5, 0.6) is 0 Å². The van der Waals surface area contributed by atoms with Crippen molar-refractivity contribution in [3.8, 4) is 0 Å². The summed E-state index contributed by atoms with van der Waals surface area (Å²) in [5.41, 5.74) is -1.01. The zero-order valence-corrected chi connectivity index (χ0v) is 9.58. The van der Waals surface area contributed by atoms with E-state index >= 15 is 0 Å². The second-order valence-corrected chi connectivity index (χ2v) is 5.40. The van der Waals surface area contributed by atoms with Gasteiger partial charge in [0.2, 0.25) is 0 Å². The van der Waals surface area contributed by atoms with Crippen LogP contribution in [0.15, 0.2) is 0 Å². The molecule has 1 fully saturated rings. The van der Waals surface area contributed by atoms with Gasteiger partial charge in [0, 0.05) is 0 Å². The predicted molar refractivity (Wildman–Crippen MR) is 54.8 cm³/mol. The third-order valence-corrected chi connectivity index (χ3v) is 3.28. The molecule has 2 N–H and O–H groups in total. The summed E-state index contributed by atoms with van der Waals surface area (Å²) in [6.07, 6.45) is -0.0997. The third-order valence-electron chi connectivity index (χ3n) is 1.80. The Morgan fingerprint density at radius 1 is 1.60 bits per heavy atom. The first-order valence-electron chi connectivity index (χ1n) is 4.63. The molecular formula is C8H16O6S. The molecule has 1 aliphatic rings. The number of ether oxygens (including phenoxy) is 2. The number of hydrogen-bond donors (Lipinski definition) is 2. The van der Waals surface area contributed by atoms with E-state index in [1.165, 1.54) is 0 Å². The summed E-state index contributed by atoms with van der Waals surface area (Å²) in [5.74, 6) is -0.110. The highest BCUT2D eigenvalue weighted by molar-refractivity contribution is 8.20. The number of rotatable bonds is 3. The molecule has 0 spiro atoms. The predicted octanol–water partition coefficient (Wildman–Crippen LogP) is 2.00. The highest BCUT2D eigenvalue weighted by Gasteiger charge is 2.45. The first-order valence-corrected chi connectivity index (χ1v) is 6.27. The van der Waals surface area contributed by atoms with Crippen LogP contribution in [0.25, 0.3) is 0 Å². The van der Waals surface area contributed by atoms with E-state index in [0.29, 0.717) is 6.42 Å². The van der Waals surface area contributed by atoms with Crippen LogP contribution in [-0.4, -0.2) is 39.8 Å². The second kappa shape index (κ2) is 4.56. The van der Waals surface area contributed by atoms with Crippen LogP contribution in [0.1, 0.15) is 20.3 Å². The second-order valence-electron chi connectivity index (χ2n) is 3.66. The molecule has 0 aromatic heterocycles. The maximum absolute atomic E-state index is 11.1. The minimum absolute atomic E-state index is 0.0312. The van der Waals surface area contributed by atoms with Gasteiger partial charge in [0.15, 0.2) is 5.60 Å². The Morgan fingerprint density at radius 2 is 2.27 bits per heavy atom. The van der Waals surface area contributed by atoms with Crippen molar-refractivity contribution in [1.29, 1.82) is 0 Å². The molecule has 0 saturated carbocycles. The van der Waals surface area contributed by atoms with Crippen molar-refractivity contribution in [3.63, 3.8) is 0 Å². The van der Waals surface area contributed by atoms with E-state index in [0.717, 1.165) is 0 Å². The maximum atomic E-state index is 11.1. The molecule has 7 heteroatoms. The maximum Gasteiger partial charge on any atom is 0.508 e. The van der Waals surface area contributed by atoms with Gasteiger partial charge in [-0.05, 0) is 13.3 Å². The fourth-order valence-corrected chi connectivity index (χ4v) is 2.63. The average Bonchev–Trinajstić information content (AvgIpc) is 2.37. The Bertz CT molecular complexity index is 243. The first-order chi connectivity index (χ1) is 6.87. The van der Waals surface area contributed by atoms with Gasteiger partial charge in [-0.2, -0.15) is 0 Å². The van der Waals surface area contributed by atoms with Crippen LogP contribution < -0.4 is 0 Å². The summed E-state index contributed by atoms with van der Waals surface area (Å²) < 4.78 is 32.8. The van der Waals surface area contributed by atoms with E-state index in [-0.39, 0.29) is 19.0 Å². The molecule has 6 nitrogen and oxygen atoms in total. The third kappa shape index (κ3) is 3.86. The first kappa shape index (κ1) is 12.6. The molecule has 1 aliphatic heterocycles. The fraction of sp³-hybridized carbons (Fsp3) is 0.875. The van der Waals surface area contributed by atoms with Crippen LogP contribution in [-0.2, 0) is 13.7 Å². The van der Waals surface area contributed by atoms with Crippen molar-refractivity contribution in [3.05, 3.63) is 0 Å². The van der Waals surface area contributed by atoms with E-state index in [4.69, 9.17) is 13.7 Å². The topological polar surface area (TPSA) is 85.2 Å². The Morgan fingerprint density at radius 3 is 2.73 bits per heavy atom. The van der Waals surface area contributed by atoms with Crippen molar-refractivity contribution < 1.29 is 27.6 Å². The lowest BCUT2D eigenvalue weighted by molar-refractivity contribution is -0.0233. The lowest BCUT2D eigenvalue weighted by atomic mass is 10.1. The van der Waals surface area contributed by atoms with Gasteiger partial charge in [-0.3, -0.25) is 4.18 Å². The molecule has 1 heterocycles. The number of hydrogen-bond acceptors (Lipinski definition) is 6. The van der Waals surface area contributed by atoms with Crippen molar-refractivity contribution in [1.82, 2.24) is 0 Å². The van der Waals surface area contributed by atoms with Crippen LogP contribution >= 0.6 is 10.9 Å². The Kier molecular flexibility index (Phi) is 3.82. The summed E-state index contributed by atoms with van der Waals surface area (Å²) in [6.45, 7) is 3.69. The van der Waals surface area contributed by atoms with Crippen molar-refractivity contribution in [2.75, 3.05) is 19.0 Å². The van der Waals surface area contributed by atoms with Crippen molar-refractivity contribution in [2.24, 2.45) is 0 Å². The highest BCUT2D eigenvalue weighted by Crippen LogP contribution is 2.50. The van der Waals surface area contributed by atoms with Crippen LogP contribution in [0.2, 0.25) is 0 Å². The molecule has 0 radical (unpaired) electrons. The smallest absolute Gasteiger partial charge is 0.434 e. The van der Waals surface area contributed by atoms with Gasteiger partial charge in [-0.1, -0.05) is 6.92 Å². The summed E-state index contributed by atoms with van der Waals surface area (Å²) >= 11 is 0. The van der Waals surface area contributed by atoms with E-state index in [2.05, 4.69) is 0 Å². The summed E-state index contributed by atoms with van der Waals surface area (Å²) in [6, 6.07) is 0. The lowest BCUT2D eigenvalue weighted by Gasteiger charge is -2.23. The van der Waals surface area contributed by atoms with Crippen LogP contribution in [0.3, 0.4) is 0 Å². The number of carbonyl (C=O) groups excluding carboxylic acids is 1. The van der Waals surface area contributed by atoms with Gasteiger partial charge in [0.25, 0.3) is 0 Å². The van der Waals surface area contributed by atoms with Crippen molar-refractivity contribution in [2.45, 2.75) is 25.9 Å². The van der Waals surface area contributed by atoms with Gasteiger partial charge in [0.05, 0.1) is 23.2 Å². The molecule has 1 atom stereocenters. The van der Waals surface area contributed by atoms with Crippen LogP contribution in [0, 0.1) is 0 Å². The van der Waals surface area contributed by atoms with Gasteiger partial charge >= 0.3 is 6.16 Å². The number of carbonyl (C=O) groups is 1.